The van der Waals surface area contributed by atoms with Crippen molar-refractivity contribution in [3.63, 3.8) is 0 Å². The summed E-state index contributed by atoms with van der Waals surface area (Å²) in [5.74, 6) is 1.66. The first kappa shape index (κ1) is 19.8. The molecule has 1 aromatic carbocycles. The molecule has 5 nitrogen and oxygen atoms in total. The predicted octanol–water partition coefficient (Wildman–Crippen LogP) is 3.17. The van der Waals surface area contributed by atoms with Crippen LogP contribution in [0.4, 0.5) is 0 Å². The number of nitrogens with zero attached hydrogens (tertiary/aromatic N) is 2. The van der Waals surface area contributed by atoms with Crippen molar-refractivity contribution in [3.8, 4) is 5.75 Å². The van der Waals surface area contributed by atoms with Gasteiger partial charge < -0.3 is 15.4 Å². The summed E-state index contributed by atoms with van der Waals surface area (Å²) in [7, 11) is 1.77. The van der Waals surface area contributed by atoms with Crippen LogP contribution in [-0.4, -0.2) is 37.7 Å². The van der Waals surface area contributed by atoms with Crippen molar-refractivity contribution in [2.45, 2.75) is 32.6 Å². The lowest BCUT2D eigenvalue weighted by atomic mass is 9.87. The van der Waals surface area contributed by atoms with Crippen LogP contribution in [0.15, 0.2) is 53.7 Å². The molecule has 0 fully saturated rings. The highest BCUT2D eigenvalue weighted by molar-refractivity contribution is 5.79. The maximum absolute atomic E-state index is 5.79. The predicted molar refractivity (Wildman–Crippen MR) is 108 cm³/mol. The Labute approximate surface area is 156 Å². The number of hydrogen-bond donors (Lipinski definition) is 2. The zero-order valence-corrected chi connectivity index (χ0v) is 16.2. The molecule has 0 amide bonds. The lowest BCUT2D eigenvalue weighted by Crippen LogP contribution is -2.40. The molecular weight excluding hydrogens is 324 g/mol. The van der Waals surface area contributed by atoms with Gasteiger partial charge in [-0.3, -0.25) is 9.98 Å². The van der Waals surface area contributed by atoms with Crippen molar-refractivity contribution in [2.24, 2.45) is 4.99 Å². The number of aliphatic imine (C=N–C) groups is 1. The van der Waals surface area contributed by atoms with E-state index in [1.807, 2.05) is 36.5 Å². The molecule has 0 aliphatic heterocycles. The molecule has 0 saturated heterocycles. The molecule has 0 atom stereocenters. The van der Waals surface area contributed by atoms with Gasteiger partial charge in [0.2, 0.25) is 0 Å². The van der Waals surface area contributed by atoms with E-state index in [0.29, 0.717) is 13.2 Å². The molecule has 1 heterocycles. The van der Waals surface area contributed by atoms with Crippen molar-refractivity contribution in [1.29, 1.82) is 0 Å². The van der Waals surface area contributed by atoms with Crippen molar-refractivity contribution in [2.75, 3.05) is 26.7 Å². The van der Waals surface area contributed by atoms with E-state index in [9.17, 15) is 0 Å². The van der Waals surface area contributed by atoms with E-state index in [-0.39, 0.29) is 5.41 Å². The molecule has 0 aliphatic carbocycles. The van der Waals surface area contributed by atoms with Crippen molar-refractivity contribution in [3.05, 3.63) is 59.9 Å². The number of benzene rings is 1. The van der Waals surface area contributed by atoms with E-state index >= 15 is 0 Å². The van der Waals surface area contributed by atoms with E-state index < -0.39 is 0 Å². The monoisotopic (exact) mass is 354 g/mol. The summed E-state index contributed by atoms with van der Waals surface area (Å²) >= 11 is 0. The minimum Gasteiger partial charge on any atom is -0.492 e. The first-order valence-corrected chi connectivity index (χ1v) is 9.07. The maximum Gasteiger partial charge on any atom is 0.191 e. The number of guanidine groups is 1. The third-order valence-electron chi connectivity index (χ3n) is 4.01. The lowest BCUT2D eigenvalue weighted by molar-refractivity contribution is 0.321. The summed E-state index contributed by atoms with van der Waals surface area (Å²) in [5, 5.41) is 6.54. The first-order valence-electron chi connectivity index (χ1n) is 9.07. The van der Waals surface area contributed by atoms with Crippen LogP contribution >= 0.6 is 0 Å². The lowest BCUT2D eigenvalue weighted by Gasteiger charge is -2.19. The summed E-state index contributed by atoms with van der Waals surface area (Å²) in [4.78, 5) is 8.53. The fourth-order valence-electron chi connectivity index (χ4n) is 2.47. The Bertz CT molecular complexity index is 675. The Morgan fingerprint density at radius 2 is 1.77 bits per heavy atom. The smallest absolute Gasteiger partial charge is 0.191 e. The minimum absolute atomic E-state index is 0.160. The van der Waals surface area contributed by atoms with Gasteiger partial charge in [-0.2, -0.15) is 0 Å². The third-order valence-corrected chi connectivity index (χ3v) is 4.01. The number of hydrogen-bond acceptors (Lipinski definition) is 3. The second-order valence-corrected chi connectivity index (χ2v) is 7.12. The molecule has 0 bridgehead atoms. The van der Waals surface area contributed by atoms with Gasteiger partial charge in [-0.1, -0.05) is 39.0 Å². The summed E-state index contributed by atoms with van der Waals surface area (Å²) in [5.41, 5.74) is 2.53. The van der Waals surface area contributed by atoms with E-state index in [2.05, 4.69) is 53.5 Å². The molecule has 0 unspecified atom stereocenters. The average Bonchev–Trinajstić information content (AvgIpc) is 2.64. The molecule has 2 rings (SSSR count). The van der Waals surface area contributed by atoms with Gasteiger partial charge in [-0.15, -0.1) is 0 Å². The highest BCUT2D eigenvalue weighted by Gasteiger charge is 2.12. The van der Waals surface area contributed by atoms with Crippen LogP contribution in [0.2, 0.25) is 0 Å². The fraction of sp³-hybridized carbons (Fsp3) is 0.429. The molecule has 5 heteroatoms. The zero-order valence-electron chi connectivity index (χ0n) is 16.2. The van der Waals surface area contributed by atoms with Crippen molar-refractivity contribution in [1.82, 2.24) is 15.6 Å². The SMILES string of the molecule is CN=C(NCCOc1ccc(C(C)(C)C)cc1)NCCc1ccccn1. The zero-order chi connectivity index (χ0) is 18.8. The Morgan fingerprint density at radius 3 is 2.38 bits per heavy atom. The molecule has 2 aromatic rings. The standard InChI is InChI=1S/C21H30N4O/c1-21(2,3)17-8-10-19(11-9-17)26-16-15-25-20(22-4)24-14-12-18-7-5-6-13-23-18/h5-11,13H,12,14-16H2,1-4H3,(H2,22,24,25). The number of pyridine rings is 1. The minimum atomic E-state index is 0.160. The highest BCUT2D eigenvalue weighted by atomic mass is 16.5. The molecule has 0 aliphatic rings. The molecular formula is C21H30N4O. The number of aromatic nitrogens is 1. The Morgan fingerprint density at radius 1 is 1.04 bits per heavy atom. The molecule has 2 N–H and O–H groups in total. The number of rotatable bonds is 7. The van der Waals surface area contributed by atoms with Gasteiger partial charge in [-0.05, 0) is 35.2 Å². The van der Waals surface area contributed by atoms with Gasteiger partial charge in [-0.25, -0.2) is 0 Å². The van der Waals surface area contributed by atoms with Gasteiger partial charge in [0.15, 0.2) is 5.96 Å². The topological polar surface area (TPSA) is 58.5 Å². The second-order valence-electron chi connectivity index (χ2n) is 7.12. The van der Waals surface area contributed by atoms with Gasteiger partial charge in [0.1, 0.15) is 12.4 Å². The van der Waals surface area contributed by atoms with Crippen LogP contribution in [0.5, 0.6) is 5.75 Å². The Balaban J connectivity index is 1.66. The second kappa shape index (κ2) is 9.80. The van der Waals surface area contributed by atoms with Gasteiger partial charge in [0.25, 0.3) is 0 Å². The quantitative estimate of drug-likeness (QED) is 0.455. The van der Waals surface area contributed by atoms with Crippen LogP contribution in [0.25, 0.3) is 0 Å². The molecule has 0 radical (unpaired) electrons. The molecule has 0 spiro atoms. The Hall–Kier alpha value is -2.56. The summed E-state index contributed by atoms with van der Waals surface area (Å²) in [6, 6.07) is 14.3. The van der Waals surface area contributed by atoms with Crippen LogP contribution in [0, 0.1) is 0 Å². The van der Waals surface area contributed by atoms with Gasteiger partial charge in [0.05, 0.1) is 6.54 Å². The van der Waals surface area contributed by atoms with Gasteiger partial charge >= 0.3 is 0 Å². The van der Waals surface area contributed by atoms with Crippen LogP contribution in [0.3, 0.4) is 0 Å². The molecule has 0 saturated carbocycles. The van der Waals surface area contributed by atoms with Crippen LogP contribution < -0.4 is 15.4 Å². The van der Waals surface area contributed by atoms with E-state index in [1.54, 1.807) is 7.05 Å². The summed E-state index contributed by atoms with van der Waals surface area (Å²) < 4.78 is 5.79. The highest BCUT2D eigenvalue weighted by Crippen LogP contribution is 2.24. The van der Waals surface area contributed by atoms with Gasteiger partial charge in [0, 0.05) is 31.9 Å². The Kier molecular flexibility index (Phi) is 7.45. The molecule has 1 aromatic heterocycles. The summed E-state index contributed by atoms with van der Waals surface area (Å²) in [6.07, 6.45) is 2.67. The number of nitrogens with one attached hydrogen (secondary N) is 2. The summed E-state index contributed by atoms with van der Waals surface area (Å²) in [6.45, 7) is 8.67. The van der Waals surface area contributed by atoms with Crippen molar-refractivity contribution >= 4 is 5.96 Å². The maximum atomic E-state index is 5.79. The third kappa shape index (κ3) is 6.75. The first-order chi connectivity index (χ1) is 12.5. The fourth-order valence-corrected chi connectivity index (χ4v) is 2.47. The van der Waals surface area contributed by atoms with Crippen LogP contribution in [0.1, 0.15) is 32.0 Å². The van der Waals surface area contributed by atoms with E-state index in [4.69, 9.17) is 4.74 Å². The van der Waals surface area contributed by atoms with E-state index in [1.165, 1.54) is 5.56 Å². The average molecular weight is 354 g/mol. The molecule has 26 heavy (non-hydrogen) atoms. The normalized spacial score (nSPS) is 11.9. The molecule has 140 valence electrons. The largest absolute Gasteiger partial charge is 0.492 e. The number of ether oxygens (including phenoxy) is 1. The van der Waals surface area contributed by atoms with Crippen molar-refractivity contribution < 1.29 is 4.74 Å². The van der Waals surface area contributed by atoms with E-state index in [0.717, 1.165) is 30.4 Å². The van der Waals surface area contributed by atoms with Crippen LogP contribution in [-0.2, 0) is 11.8 Å².